The number of likely N-dealkylation sites (tertiary alicyclic amines) is 1. The number of amides is 1. The number of nitrogens with zero attached hydrogens (tertiary/aromatic N) is 2. The second kappa shape index (κ2) is 6.97. The standard InChI is InChI=1S/C16H21N3OS/c1-13(15(20)18-14-6-4-3-5-7-14)19-10-8-16(12-17,21-2)9-11-19/h3-7,13H,8-11H2,1-2H3,(H,18,20). The average molecular weight is 303 g/mol. The van der Waals surface area contributed by atoms with Gasteiger partial charge in [-0.1, -0.05) is 18.2 Å². The summed E-state index contributed by atoms with van der Waals surface area (Å²) in [5.41, 5.74) is 0.821. The number of carbonyl (C=O) groups is 1. The third-order valence-corrected chi connectivity index (χ3v) is 5.45. The summed E-state index contributed by atoms with van der Waals surface area (Å²) in [7, 11) is 0. The van der Waals surface area contributed by atoms with Crippen LogP contribution in [0, 0.1) is 11.3 Å². The van der Waals surface area contributed by atoms with E-state index in [-0.39, 0.29) is 16.7 Å². The van der Waals surface area contributed by atoms with E-state index in [0.717, 1.165) is 31.6 Å². The maximum Gasteiger partial charge on any atom is 0.241 e. The molecule has 0 saturated carbocycles. The Labute approximate surface area is 130 Å². The van der Waals surface area contributed by atoms with Crippen molar-refractivity contribution in [2.24, 2.45) is 0 Å². The zero-order chi connectivity index (χ0) is 15.3. The molecule has 4 nitrogen and oxygen atoms in total. The van der Waals surface area contributed by atoms with Gasteiger partial charge in [0, 0.05) is 18.8 Å². The third kappa shape index (κ3) is 3.78. The van der Waals surface area contributed by atoms with Crippen molar-refractivity contribution in [2.75, 3.05) is 24.7 Å². The lowest BCUT2D eigenvalue weighted by Crippen LogP contribution is -2.49. The Morgan fingerprint density at radius 2 is 2.00 bits per heavy atom. The minimum absolute atomic E-state index is 0.00908. The van der Waals surface area contributed by atoms with Crippen LogP contribution in [0.5, 0.6) is 0 Å². The van der Waals surface area contributed by atoms with Crippen molar-refractivity contribution in [2.45, 2.75) is 30.6 Å². The lowest BCUT2D eigenvalue weighted by atomic mass is 9.96. The average Bonchev–Trinajstić information content (AvgIpc) is 2.55. The first kappa shape index (κ1) is 15.9. The molecule has 5 heteroatoms. The smallest absolute Gasteiger partial charge is 0.241 e. The molecule has 2 rings (SSSR count). The molecule has 1 N–H and O–H groups in total. The summed E-state index contributed by atoms with van der Waals surface area (Å²) in [6, 6.07) is 11.8. The van der Waals surface area contributed by atoms with Crippen LogP contribution in [0.25, 0.3) is 0 Å². The molecular formula is C16H21N3OS. The van der Waals surface area contributed by atoms with E-state index in [1.165, 1.54) is 0 Å². The molecule has 1 heterocycles. The summed E-state index contributed by atoms with van der Waals surface area (Å²) < 4.78 is -0.272. The Bertz CT molecular complexity index is 518. The monoisotopic (exact) mass is 303 g/mol. The summed E-state index contributed by atoms with van der Waals surface area (Å²) in [6.45, 7) is 3.51. The molecule has 1 atom stereocenters. The van der Waals surface area contributed by atoms with E-state index in [9.17, 15) is 10.1 Å². The molecule has 1 aromatic carbocycles. The summed E-state index contributed by atoms with van der Waals surface area (Å²) in [5, 5.41) is 12.2. The van der Waals surface area contributed by atoms with Gasteiger partial charge in [-0.25, -0.2) is 0 Å². The number of anilines is 1. The molecule has 1 aliphatic heterocycles. The highest BCUT2D eigenvalue weighted by molar-refractivity contribution is 8.00. The minimum Gasteiger partial charge on any atom is -0.325 e. The number of benzene rings is 1. The Balaban J connectivity index is 1.91. The molecule has 1 unspecified atom stereocenters. The van der Waals surface area contributed by atoms with Crippen LogP contribution in [0.4, 0.5) is 5.69 Å². The Morgan fingerprint density at radius 1 is 1.38 bits per heavy atom. The fourth-order valence-corrected chi connectivity index (χ4v) is 3.25. The highest BCUT2D eigenvalue weighted by atomic mass is 32.2. The van der Waals surface area contributed by atoms with Crippen molar-refractivity contribution in [3.63, 3.8) is 0 Å². The summed E-state index contributed by atoms with van der Waals surface area (Å²) in [4.78, 5) is 14.4. The maximum absolute atomic E-state index is 12.3. The van der Waals surface area contributed by atoms with E-state index in [1.807, 2.05) is 43.5 Å². The fourth-order valence-electron chi connectivity index (χ4n) is 2.57. The highest BCUT2D eigenvalue weighted by Gasteiger charge is 2.36. The molecule has 0 radical (unpaired) electrons. The zero-order valence-electron chi connectivity index (χ0n) is 12.5. The van der Waals surface area contributed by atoms with Gasteiger partial charge in [-0.05, 0) is 38.2 Å². The van der Waals surface area contributed by atoms with Crippen molar-refractivity contribution in [1.29, 1.82) is 5.26 Å². The maximum atomic E-state index is 12.3. The predicted octanol–water partition coefficient (Wildman–Crippen LogP) is 2.73. The summed E-state index contributed by atoms with van der Waals surface area (Å²) in [6.07, 6.45) is 3.62. The molecule has 1 amide bonds. The number of nitriles is 1. The highest BCUT2D eigenvalue weighted by Crippen LogP contribution is 2.34. The molecule has 1 aromatic rings. The van der Waals surface area contributed by atoms with Gasteiger partial charge >= 0.3 is 0 Å². The molecule has 112 valence electrons. The zero-order valence-corrected chi connectivity index (χ0v) is 13.3. The van der Waals surface area contributed by atoms with Gasteiger partial charge in [-0.3, -0.25) is 9.69 Å². The van der Waals surface area contributed by atoms with Gasteiger partial charge in [0.1, 0.15) is 4.75 Å². The van der Waals surface area contributed by atoms with E-state index in [1.54, 1.807) is 11.8 Å². The number of hydrogen-bond donors (Lipinski definition) is 1. The summed E-state index contributed by atoms with van der Waals surface area (Å²) in [5.74, 6) is 0.00908. The van der Waals surface area contributed by atoms with Gasteiger partial charge in [-0.15, -0.1) is 11.8 Å². The van der Waals surface area contributed by atoms with Crippen molar-refractivity contribution in [3.05, 3.63) is 30.3 Å². The third-order valence-electron chi connectivity index (χ3n) is 4.17. The first-order valence-electron chi connectivity index (χ1n) is 7.16. The summed E-state index contributed by atoms with van der Waals surface area (Å²) >= 11 is 1.63. The van der Waals surface area contributed by atoms with E-state index in [4.69, 9.17) is 0 Å². The van der Waals surface area contributed by atoms with Crippen molar-refractivity contribution in [3.8, 4) is 6.07 Å². The number of thioether (sulfide) groups is 1. The Morgan fingerprint density at radius 3 is 2.52 bits per heavy atom. The van der Waals surface area contributed by atoms with Gasteiger partial charge < -0.3 is 5.32 Å². The minimum atomic E-state index is -0.272. The lowest BCUT2D eigenvalue weighted by molar-refractivity contribution is -0.121. The largest absolute Gasteiger partial charge is 0.325 e. The van der Waals surface area contributed by atoms with Crippen molar-refractivity contribution < 1.29 is 4.79 Å². The number of piperidine rings is 1. The first-order valence-corrected chi connectivity index (χ1v) is 8.39. The van der Waals surface area contributed by atoms with Crippen molar-refractivity contribution >= 4 is 23.4 Å². The van der Waals surface area contributed by atoms with Gasteiger partial charge in [0.25, 0.3) is 0 Å². The number of hydrogen-bond acceptors (Lipinski definition) is 4. The second-order valence-electron chi connectivity index (χ2n) is 5.38. The Kier molecular flexibility index (Phi) is 5.27. The van der Waals surface area contributed by atoms with Crippen molar-refractivity contribution in [1.82, 2.24) is 4.90 Å². The topological polar surface area (TPSA) is 56.1 Å². The van der Waals surface area contributed by atoms with Gasteiger partial charge in [0.15, 0.2) is 0 Å². The van der Waals surface area contributed by atoms with E-state index in [0.29, 0.717) is 0 Å². The fraction of sp³-hybridized carbons (Fsp3) is 0.500. The van der Waals surface area contributed by atoms with Crippen LogP contribution in [0.2, 0.25) is 0 Å². The van der Waals surface area contributed by atoms with Crippen LogP contribution < -0.4 is 5.32 Å². The Hall–Kier alpha value is -1.51. The first-order chi connectivity index (χ1) is 10.1. The number of nitrogens with one attached hydrogen (secondary N) is 1. The van der Waals surface area contributed by atoms with E-state index in [2.05, 4.69) is 16.3 Å². The van der Waals surface area contributed by atoms with Crippen LogP contribution in [0.1, 0.15) is 19.8 Å². The molecular weight excluding hydrogens is 282 g/mol. The van der Waals surface area contributed by atoms with E-state index < -0.39 is 0 Å². The molecule has 0 aromatic heterocycles. The SMILES string of the molecule is CSC1(C#N)CCN(C(C)C(=O)Nc2ccccc2)CC1. The number of carbonyl (C=O) groups excluding carboxylic acids is 1. The second-order valence-corrected chi connectivity index (χ2v) is 6.57. The molecule has 1 aliphatic rings. The lowest BCUT2D eigenvalue weighted by Gasteiger charge is -2.38. The molecule has 1 fully saturated rings. The van der Waals surface area contributed by atoms with Crippen LogP contribution in [-0.4, -0.2) is 40.9 Å². The van der Waals surface area contributed by atoms with Crippen LogP contribution in [0.3, 0.4) is 0 Å². The van der Waals surface area contributed by atoms with Gasteiger partial charge in [0.2, 0.25) is 5.91 Å². The van der Waals surface area contributed by atoms with Gasteiger partial charge in [-0.2, -0.15) is 5.26 Å². The normalized spacial score (nSPS) is 19.5. The molecule has 0 spiro atoms. The molecule has 21 heavy (non-hydrogen) atoms. The predicted molar refractivity (Wildman–Crippen MR) is 87.2 cm³/mol. The van der Waals surface area contributed by atoms with E-state index >= 15 is 0 Å². The van der Waals surface area contributed by atoms with Crippen LogP contribution in [0.15, 0.2) is 30.3 Å². The van der Waals surface area contributed by atoms with Gasteiger partial charge in [0.05, 0.1) is 12.1 Å². The van der Waals surface area contributed by atoms with Crippen LogP contribution in [-0.2, 0) is 4.79 Å². The van der Waals surface area contributed by atoms with Crippen LogP contribution >= 0.6 is 11.8 Å². The number of rotatable bonds is 4. The quantitative estimate of drug-likeness (QED) is 0.929. The molecule has 0 bridgehead atoms. The number of para-hydroxylation sites is 1. The molecule has 1 saturated heterocycles. The molecule has 0 aliphatic carbocycles.